The van der Waals surface area contributed by atoms with Gasteiger partial charge in [0, 0.05) is 26.2 Å². The number of carbonyl (C=O) groups excluding carboxylic acids is 1. The van der Waals surface area contributed by atoms with Crippen LogP contribution in [-0.4, -0.2) is 47.9 Å². The van der Waals surface area contributed by atoms with Gasteiger partial charge >= 0.3 is 0 Å². The molecule has 0 unspecified atom stereocenters. The summed E-state index contributed by atoms with van der Waals surface area (Å²) in [4.78, 5) is 16.5. The van der Waals surface area contributed by atoms with E-state index >= 15 is 0 Å². The largest absolute Gasteiger partial charge is 0.492 e. The van der Waals surface area contributed by atoms with Gasteiger partial charge in [0.1, 0.15) is 5.75 Å². The first-order chi connectivity index (χ1) is 9.93. The Morgan fingerprint density at radius 1 is 1.24 bits per heavy atom. The molecule has 1 aromatic carbocycles. The van der Waals surface area contributed by atoms with Crippen LogP contribution >= 0.6 is 15.9 Å². The van der Waals surface area contributed by atoms with Gasteiger partial charge in [-0.15, -0.1) is 0 Å². The van der Waals surface area contributed by atoms with E-state index in [0.717, 1.165) is 37.6 Å². The average Bonchev–Trinajstić information content (AvgIpc) is 2.47. The summed E-state index contributed by atoms with van der Waals surface area (Å²) >= 11 is 3.45. The van der Waals surface area contributed by atoms with Gasteiger partial charge in [-0.1, -0.05) is 28.1 Å². The Morgan fingerprint density at radius 3 is 2.43 bits per heavy atom. The maximum atomic E-state index is 12.3. The molecule has 0 radical (unpaired) electrons. The first kappa shape index (κ1) is 16.1. The van der Waals surface area contributed by atoms with Crippen LogP contribution in [0.3, 0.4) is 0 Å². The van der Waals surface area contributed by atoms with Crippen LogP contribution in [-0.2, 0) is 4.79 Å². The van der Waals surface area contributed by atoms with Gasteiger partial charge in [-0.3, -0.25) is 4.79 Å². The number of hydrogen-bond acceptors (Lipinski definition) is 3. The monoisotopic (exact) mass is 354 g/mol. The van der Waals surface area contributed by atoms with Gasteiger partial charge in [-0.05, 0) is 32.9 Å². The van der Waals surface area contributed by atoms with Gasteiger partial charge in [0.05, 0.1) is 16.6 Å². The summed E-state index contributed by atoms with van der Waals surface area (Å²) in [5.74, 6) is 1.07. The number of rotatable bonds is 4. The Kier molecular flexibility index (Phi) is 5.14. The van der Waals surface area contributed by atoms with Crippen LogP contribution in [0.4, 0.5) is 5.69 Å². The van der Waals surface area contributed by atoms with Crippen molar-refractivity contribution in [1.29, 1.82) is 0 Å². The summed E-state index contributed by atoms with van der Waals surface area (Å²) in [6.45, 7) is 9.59. The van der Waals surface area contributed by atoms with Crippen LogP contribution in [0.1, 0.15) is 20.8 Å². The van der Waals surface area contributed by atoms with E-state index in [1.165, 1.54) is 0 Å². The molecule has 21 heavy (non-hydrogen) atoms. The second-order valence-corrected chi connectivity index (χ2v) is 7.63. The highest BCUT2D eigenvalue weighted by atomic mass is 79.9. The molecule has 1 saturated heterocycles. The van der Waals surface area contributed by atoms with Gasteiger partial charge in [-0.2, -0.15) is 0 Å². The van der Waals surface area contributed by atoms with Crippen molar-refractivity contribution in [3.8, 4) is 5.75 Å². The molecule has 4 nitrogen and oxygen atoms in total. The number of halogens is 1. The molecule has 1 heterocycles. The van der Waals surface area contributed by atoms with E-state index in [1.807, 2.05) is 43.9 Å². The molecular formula is C16H23BrN2O2. The SMILES string of the molecule is CCOc1ccccc1N1CCN(C(=O)C(C)(C)Br)CC1. The van der Waals surface area contributed by atoms with Gasteiger partial charge in [0.25, 0.3) is 0 Å². The molecule has 0 saturated carbocycles. The third-order valence-electron chi connectivity index (χ3n) is 3.58. The Bertz CT molecular complexity index is 491. The molecule has 1 fully saturated rings. The minimum absolute atomic E-state index is 0.153. The van der Waals surface area contributed by atoms with Gasteiger partial charge < -0.3 is 14.5 Å². The van der Waals surface area contributed by atoms with Crippen molar-refractivity contribution in [3.05, 3.63) is 24.3 Å². The quantitative estimate of drug-likeness (QED) is 0.779. The standard InChI is InChI=1S/C16H23BrN2O2/c1-4-21-14-8-6-5-7-13(14)18-9-11-19(12-10-18)15(20)16(2,3)17/h5-8H,4,9-12H2,1-3H3. The predicted molar refractivity (Wildman–Crippen MR) is 89.4 cm³/mol. The fraction of sp³-hybridized carbons (Fsp3) is 0.562. The minimum Gasteiger partial charge on any atom is -0.492 e. The fourth-order valence-corrected chi connectivity index (χ4v) is 2.77. The van der Waals surface area contributed by atoms with Crippen molar-refractivity contribution in [1.82, 2.24) is 4.90 Å². The molecule has 0 aromatic heterocycles. The Morgan fingerprint density at radius 2 is 1.86 bits per heavy atom. The van der Waals surface area contributed by atoms with Crippen LogP contribution in [0, 0.1) is 0 Å². The van der Waals surface area contributed by atoms with Gasteiger partial charge in [0.2, 0.25) is 5.91 Å². The molecule has 1 aliphatic heterocycles. The number of carbonyl (C=O) groups is 1. The number of alkyl halides is 1. The van der Waals surface area contributed by atoms with E-state index in [2.05, 4.69) is 26.9 Å². The third kappa shape index (κ3) is 3.90. The zero-order valence-corrected chi connectivity index (χ0v) is 14.5. The van der Waals surface area contributed by atoms with Crippen LogP contribution < -0.4 is 9.64 Å². The fourth-order valence-electron chi connectivity index (χ4n) is 2.52. The molecular weight excluding hydrogens is 332 g/mol. The topological polar surface area (TPSA) is 32.8 Å². The number of piperazine rings is 1. The van der Waals surface area contributed by atoms with Crippen LogP contribution in [0.5, 0.6) is 5.75 Å². The first-order valence-corrected chi connectivity index (χ1v) is 8.18. The average molecular weight is 355 g/mol. The van der Waals surface area contributed by atoms with E-state index in [4.69, 9.17) is 4.74 Å². The molecule has 0 aliphatic carbocycles. The number of hydrogen-bond donors (Lipinski definition) is 0. The van der Waals surface area contributed by atoms with Gasteiger partial charge in [-0.25, -0.2) is 0 Å². The van der Waals surface area contributed by atoms with Crippen molar-refractivity contribution in [3.63, 3.8) is 0 Å². The Hall–Kier alpha value is -1.23. The third-order valence-corrected chi connectivity index (χ3v) is 3.92. The Balaban J connectivity index is 2.03. The number of anilines is 1. The van der Waals surface area contributed by atoms with Gasteiger partial charge in [0.15, 0.2) is 0 Å². The summed E-state index contributed by atoms with van der Waals surface area (Å²) in [7, 11) is 0. The highest BCUT2D eigenvalue weighted by Crippen LogP contribution is 2.29. The zero-order chi connectivity index (χ0) is 15.5. The lowest BCUT2D eigenvalue weighted by Crippen LogP contribution is -2.52. The van der Waals surface area contributed by atoms with Crippen molar-refractivity contribution in [2.24, 2.45) is 0 Å². The van der Waals surface area contributed by atoms with Crippen molar-refractivity contribution < 1.29 is 9.53 Å². The second kappa shape index (κ2) is 6.69. The minimum atomic E-state index is -0.488. The maximum Gasteiger partial charge on any atom is 0.239 e. The molecule has 0 spiro atoms. The van der Waals surface area contributed by atoms with E-state index in [0.29, 0.717) is 6.61 Å². The summed E-state index contributed by atoms with van der Waals surface area (Å²) in [5.41, 5.74) is 1.12. The number of benzene rings is 1. The van der Waals surface area contributed by atoms with Crippen LogP contribution in [0.25, 0.3) is 0 Å². The number of para-hydroxylation sites is 2. The van der Waals surface area contributed by atoms with Crippen molar-refractivity contribution in [2.75, 3.05) is 37.7 Å². The molecule has 1 aliphatic rings. The van der Waals surface area contributed by atoms with Crippen molar-refractivity contribution in [2.45, 2.75) is 25.1 Å². The molecule has 0 N–H and O–H groups in total. The summed E-state index contributed by atoms with van der Waals surface area (Å²) < 4.78 is 5.20. The normalized spacial score (nSPS) is 16.0. The molecule has 2 rings (SSSR count). The van der Waals surface area contributed by atoms with Crippen molar-refractivity contribution >= 4 is 27.5 Å². The molecule has 0 atom stereocenters. The lowest BCUT2D eigenvalue weighted by atomic mass is 10.1. The second-order valence-electron chi connectivity index (χ2n) is 5.65. The van der Waals surface area contributed by atoms with E-state index < -0.39 is 4.32 Å². The summed E-state index contributed by atoms with van der Waals surface area (Å²) in [6, 6.07) is 8.09. The number of ether oxygens (including phenoxy) is 1. The summed E-state index contributed by atoms with van der Waals surface area (Å²) in [5, 5.41) is 0. The Labute approximate surface area is 135 Å². The molecule has 1 aromatic rings. The zero-order valence-electron chi connectivity index (χ0n) is 12.9. The lowest BCUT2D eigenvalue weighted by Gasteiger charge is -2.38. The van der Waals surface area contributed by atoms with E-state index in [1.54, 1.807) is 0 Å². The number of amides is 1. The molecule has 5 heteroatoms. The lowest BCUT2D eigenvalue weighted by molar-refractivity contribution is -0.133. The smallest absolute Gasteiger partial charge is 0.239 e. The van der Waals surface area contributed by atoms with Crippen LogP contribution in [0.15, 0.2) is 24.3 Å². The highest BCUT2D eigenvalue weighted by molar-refractivity contribution is 9.10. The molecule has 1 amide bonds. The first-order valence-electron chi connectivity index (χ1n) is 7.38. The molecule has 0 bridgehead atoms. The molecule has 116 valence electrons. The maximum absolute atomic E-state index is 12.3. The highest BCUT2D eigenvalue weighted by Gasteiger charge is 2.31. The van der Waals surface area contributed by atoms with E-state index in [9.17, 15) is 4.79 Å². The summed E-state index contributed by atoms with van der Waals surface area (Å²) in [6.07, 6.45) is 0. The van der Waals surface area contributed by atoms with Crippen LogP contribution in [0.2, 0.25) is 0 Å². The van der Waals surface area contributed by atoms with E-state index in [-0.39, 0.29) is 5.91 Å². The number of nitrogens with zero attached hydrogens (tertiary/aromatic N) is 2. The predicted octanol–water partition coefficient (Wildman–Crippen LogP) is 2.91.